The van der Waals surface area contributed by atoms with E-state index in [-0.39, 0.29) is 5.41 Å². The summed E-state index contributed by atoms with van der Waals surface area (Å²) in [5, 5.41) is 19.4. The molecular formula is C17H27BO2. The first kappa shape index (κ1) is 15.6. The molecule has 2 rings (SSSR count). The largest absolute Gasteiger partial charge is 0.488 e. The Bertz CT molecular complexity index is 411. The van der Waals surface area contributed by atoms with Crippen LogP contribution in [-0.4, -0.2) is 17.2 Å². The third kappa shape index (κ3) is 3.45. The first-order valence-electron chi connectivity index (χ1n) is 8.15. The van der Waals surface area contributed by atoms with Gasteiger partial charge in [-0.2, -0.15) is 0 Å². The molecule has 1 aliphatic carbocycles. The van der Waals surface area contributed by atoms with Crippen LogP contribution in [0.2, 0.25) is 0 Å². The van der Waals surface area contributed by atoms with Gasteiger partial charge in [-0.1, -0.05) is 69.7 Å². The van der Waals surface area contributed by atoms with E-state index in [1.807, 2.05) is 18.2 Å². The lowest BCUT2D eigenvalue weighted by Gasteiger charge is -2.39. The van der Waals surface area contributed by atoms with E-state index in [0.717, 1.165) is 0 Å². The monoisotopic (exact) mass is 274 g/mol. The molecule has 110 valence electrons. The van der Waals surface area contributed by atoms with Gasteiger partial charge in [-0.25, -0.2) is 0 Å². The number of rotatable bonds is 6. The van der Waals surface area contributed by atoms with Crippen molar-refractivity contribution in [3.05, 3.63) is 29.8 Å². The molecule has 2 nitrogen and oxygen atoms in total. The maximum Gasteiger partial charge on any atom is 0.488 e. The minimum Gasteiger partial charge on any atom is -0.423 e. The van der Waals surface area contributed by atoms with E-state index >= 15 is 0 Å². The highest BCUT2D eigenvalue weighted by atomic mass is 16.4. The molecular weight excluding hydrogens is 247 g/mol. The third-order valence-corrected chi connectivity index (χ3v) is 4.88. The van der Waals surface area contributed by atoms with Crippen LogP contribution < -0.4 is 5.46 Å². The quantitative estimate of drug-likeness (QED) is 0.618. The zero-order valence-electron chi connectivity index (χ0n) is 12.6. The minimum absolute atomic E-state index is 0.174. The Balaban J connectivity index is 2.30. The Labute approximate surface area is 123 Å². The van der Waals surface area contributed by atoms with Crippen LogP contribution in [0.25, 0.3) is 0 Å². The van der Waals surface area contributed by atoms with E-state index in [9.17, 15) is 10.0 Å². The highest BCUT2D eigenvalue weighted by Crippen LogP contribution is 2.42. The van der Waals surface area contributed by atoms with Crippen molar-refractivity contribution in [2.45, 2.75) is 70.1 Å². The minimum atomic E-state index is -1.35. The van der Waals surface area contributed by atoms with Crippen LogP contribution in [0.1, 0.15) is 70.3 Å². The van der Waals surface area contributed by atoms with Crippen LogP contribution >= 0.6 is 0 Å². The summed E-state index contributed by atoms with van der Waals surface area (Å²) in [4.78, 5) is 0. The second-order valence-corrected chi connectivity index (χ2v) is 6.26. The summed E-state index contributed by atoms with van der Waals surface area (Å²) in [6.45, 7) is 2.24. The van der Waals surface area contributed by atoms with E-state index in [4.69, 9.17) is 0 Å². The smallest absolute Gasteiger partial charge is 0.423 e. The highest BCUT2D eigenvalue weighted by Gasteiger charge is 2.36. The molecule has 0 atom stereocenters. The zero-order valence-corrected chi connectivity index (χ0v) is 12.6. The van der Waals surface area contributed by atoms with Crippen molar-refractivity contribution < 1.29 is 10.0 Å². The molecule has 1 aromatic carbocycles. The Kier molecular flexibility index (Phi) is 5.68. The van der Waals surface area contributed by atoms with Gasteiger partial charge in [-0.3, -0.25) is 0 Å². The highest BCUT2D eigenvalue weighted by molar-refractivity contribution is 6.59. The first-order valence-corrected chi connectivity index (χ1v) is 8.15. The SMILES string of the molecule is CCCCCC1(c2ccccc2B(O)O)CCCCC1. The number of hydrogen-bond donors (Lipinski definition) is 2. The van der Waals surface area contributed by atoms with Gasteiger partial charge in [-0.15, -0.1) is 0 Å². The molecule has 2 N–H and O–H groups in total. The van der Waals surface area contributed by atoms with Crippen molar-refractivity contribution >= 4 is 12.6 Å². The summed E-state index contributed by atoms with van der Waals surface area (Å²) in [7, 11) is -1.35. The maximum absolute atomic E-state index is 9.68. The van der Waals surface area contributed by atoms with E-state index in [1.54, 1.807) is 0 Å². The summed E-state index contributed by atoms with van der Waals surface area (Å²) in [6.07, 6.45) is 11.2. The lowest BCUT2D eigenvalue weighted by Crippen LogP contribution is -2.41. The summed E-state index contributed by atoms with van der Waals surface area (Å²) in [5.74, 6) is 0. The fourth-order valence-corrected chi connectivity index (χ4v) is 3.80. The van der Waals surface area contributed by atoms with Gasteiger partial charge in [0.25, 0.3) is 0 Å². The normalized spacial score (nSPS) is 17.9. The lowest BCUT2D eigenvalue weighted by molar-refractivity contribution is 0.266. The van der Waals surface area contributed by atoms with Crippen LogP contribution in [0.4, 0.5) is 0 Å². The zero-order chi connectivity index (χ0) is 14.4. The molecule has 0 saturated heterocycles. The van der Waals surface area contributed by atoms with Crippen molar-refractivity contribution in [1.29, 1.82) is 0 Å². The molecule has 1 aromatic rings. The topological polar surface area (TPSA) is 40.5 Å². The second kappa shape index (κ2) is 7.28. The van der Waals surface area contributed by atoms with Gasteiger partial charge in [0.05, 0.1) is 0 Å². The second-order valence-electron chi connectivity index (χ2n) is 6.26. The molecule has 0 unspecified atom stereocenters. The maximum atomic E-state index is 9.68. The van der Waals surface area contributed by atoms with E-state index in [1.165, 1.54) is 63.4 Å². The number of hydrogen-bond acceptors (Lipinski definition) is 2. The van der Waals surface area contributed by atoms with Gasteiger partial charge in [0.1, 0.15) is 0 Å². The third-order valence-electron chi connectivity index (χ3n) is 4.88. The first-order chi connectivity index (χ1) is 9.69. The van der Waals surface area contributed by atoms with Crippen molar-refractivity contribution in [1.82, 2.24) is 0 Å². The van der Waals surface area contributed by atoms with Crippen LogP contribution in [-0.2, 0) is 5.41 Å². The van der Waals surface area contributed by atoms with E-state index in [0.29, 0.717) is 5.46 Å². The molecule has 20 heavy (non-hydrogen) atoms. The van der Waals surface area contributed by atoms with Gasteiger partial charge < -0.3 is 10.0 Å². The Morgan fingerprint density at radius 1 is 1.05 bits per heavy atom. The van der Waals surface area contributed by atoms with Gasteiger partial charge >= 0.3 is 7.12 Å². The summed E-state index contributed by atoms with van der Waals surface area (Å²) < 4.78 is 0. The molecule has 3 heteroatoms. The molecule has 0 aromatic heterocycles. The molecule has 0 radical (unpaired) electrons. The molecule has 1 fully saturated rings. The summed E-state index contributed by atoms with van der Waals surface area (Å²) in [5.41, 5.74) is 2.07. The molecule has 0 bridgehead atoms. The van der Waals surface area contributed by atoms with Gasteiger partial charge in [0.2, 0.25) is 0 Å². The standard InChI is InChI=1S/C17H27BO2/c1-2-3-7-12-17(13-8-4-9-14-17)15-10-5-6-11-16(15)18(19)20/h5-6,10-11,19-20H,2-4,7-9,12-14H2,1H3. The average Bonchev–Trinajstić information content (AvgIpc) is 2.48. The molecule has 1 saturated carbocycles. The molecule has 0 aliphatic heterocycles. The fraction of sp³-hybridized carbons (Fsp3) is 0.647. The molecule has 0 amide bonds. The van der Waals surface area contributed by atoms with Gasteiger partial charge in [0.15, 0.2) is 0 Å². The molecule has 0 heterocycles. The van der Waals surface area contributed by atoms with Crippen molar-refractivity contribution in [2.24, 2.45) is 0 Å². The number of benzene rings is 1. The molecule has 0 spiro atoms. The number of unbranched alkanes of at least 4 members (excludes halogenated alkanes) is 2. The van der Waals surface area contributed by atoms with Gasteiger partial charge in [0, 0.05) is 0 Å². The Hall–Kier alpha value is -0.795. The van der Waals surface area contributed by atoms with Crippen LogP contribution in [0, 0.1) is 0 Å². The predicted octanol–water partition coefficient (Wildman–Crippen LogP) is 3.15. The van der Waals surface area contributed by atoms with Crippen molar-refractivity contribution in [3.63, 3.8) is 0 Å². The average molecular weight is 274 g/mol. The van der Waals surface area contributed by atoms with Crippen LogP contribution in [0.5, 0.6) is 0 Å². The Morgan fingerprint density at radius 3 is 2.40 bits per heavy atom. The molecule has 1 aliphatic rings. The van der Waals surface area contributed by atoms with Gasteiger partial charge in [-0.05, 0) is 35.7 Å². The van der Waals surface area contributed by atoms with E-state index in [2.05, 4.69) is 13.0 Å². The van der Waals surface area contributed by atoms with Crippen molar-refractivity contribution in [2.75, 3.05) is 0 Å². The van der Waals surface area contributed by atoms with Crippen molar-refractivity contribution in [3.8, 4) is 0 Å². The predicted molar refractivity (Wildman–Crippen MR) is 85.2 cm³/mol. The summed E-state index contributed by atoms with van der Waals surface area (Å²) >= 11 is 0. The van der Waals surface area contributed by atoms with Crippen LogP contribution in [0.15, 0.2) is 24.3 Å². The fourth-order valence-electron chi connectivity index (χ4n) is 3.80. The van der Waals surface area contributed by atoms with Crippen LogP contribution in [0.3, 0.4) is 0 Å². The Morgan fingerprint density at radius 2 is 1.75 bits per heavy atom. The lowest BCUT2D eigenvalue weighted by atomic mass is 9.61. The summed E-state index contributed by atoms with van der Waals surface area (Å²) in [6, 6.07) is 7.93. The van der Waals surface area contributed by atoms with E-state index < -0.39 is 7.12 Å².